The van der Waals surface area contributed by atoms with E-state index in [1.54, 1.807) is 30.3 Å². The normalized spacial score (nSPS) is 33.0. The van der Waals surface area contributed by atoms with E-state index in [0.29, 0.717) is 5.56 Å². The van der Waals surface area contributed by atoms with Crippen molar-refractivity contribution in [2.75, 3.05) is 6.61 Å². The van der Waals surface area contributed by atoms with Gasteiger partial charge in [0.05, 0.1) is 12.5 Å². The van der Waals surface area contributed by atoms with Gasteiger partial charge in [-0.15, -0.1) is 0 Å². The lowest BCUT2D eigenvalue weighted by atomic mass is 9.75. The van der Waals surface area contributed by atoms with Gasteiger partial charge >= 0.3 is 5.97 Å². The van der Waals surface area contributed by atoms with Gasteiger partial charge < -0.3 is 15.1 Å². The van der Waals surface area contributed by atoms with E-state index in [0.717, 1.165) is 4.90 Å². The first-order chi connectivity index (χ1) is 11.1. The molecular formula is C16H19NO6S. The number of carboxylic acid groups (broad SMARTS) is 1. The van der Waals surface area contributed by atoms with Gasteiger partial charge in [0.25, 0.3) is 0 Å². The first kappa shape index (κ1) is 16.9. The molecule has 8 heteroatoms. The van der Waals surface area contributed by atoms with Crippen molar-refractivity contribution in [3.63, 3.8) is 0 Å². The van der Waals surface area contributed by atoms with Crippen molar-refractivity contribution in [3.8, 4) is 0 Å². The highest BCUT2D eigenvalue weighted by atomic mass is 32.2. The summed E-state index contributed by atoms with van der Waals surface area (Å²) in [6.45, 7) is 2.08. The van der Waals surface area contributed by atoms with Gasteiger partial charge in [0.1, 0.15) is 10.1 Å². The third-order valence-corrected chi connectivity index (χ3v) is 8.38. The van der Waals surface area contributed by atoms with Crippen LogP contribution in [-0.4, -0.2) is 57.7 Å². The third-order valence-electron chi connectivity index (χ3n) is 5.44. The van der Waals surface area contributed by atoms with Gasteiger partial charge in [-0.2, -0.15) is 0 Å². The molecule has 0 unspecified atom stereocenters. The average Bonchev–Trinajstić information content (AvgIpc) is 2.63. The van der Waals surface area contributed by atoms with Crippen LogP contribution in [-0.2, 0) is 25.8 Å². The molecule has 2 aliphatic heterocycles. The molecule has 2 fully saturated rings. The zero-order valence-corrected chi connectivity index (χ0v) is 14.2. The molecule has 1 aromatic rings. The molecule has 2 heterocycles. The molecule has 3 atom stereocenters. The number of carbonyl (C=O) groups is 2. The van der Waals surface area contributed by atoms with Crippen LogP contribution in [0.25, 0.3) is 0 Å². The van der Waals surface area contributed by atoms with Crippen molar-refractivity contribution in [1.82, 2.24) is 4.90 Å². The SMILES string of the molecule is CC1(C)[C@](Cc2ccccc2)(C(=O)O)N2C(=O)[C@H](CO)[C@H]2S1(=O)=O. The second-order valence-corrected chi connectivity index (χ2v) is 9.36. The van der Waals surface area contributed by atoms with E-state index in [1.165, 1.54) is 13.8 Å². The first-order valence-electron chi connectivity index (χ1n) is 7.57. The van der Waals surface area contributed by atoms with Gasteiger partial charge in [-0.05, 0) is 19.4 Å². The molecule has 0 aromatic heterocycles. The molecule has 130 valence electrons. The Balaban J connectivity index is 2.21. The molecule has 2 N–H and O–H groups in total. The molecule has 1 aromatic carbocycles. The van der Waals surface area contributed by atoms with Gasteiger partial charge in [0.15, 0.2) is 15.4 Å². The molecule has 0 bridgehead atoms. The molecule has 7 nitrogen and oxygen atoms in total. The summed E-state index contributed by atoms with van der Waals surface area (Å²) in [6, 6.07) is 8.64. The largest absolute Gasteiger partial charge is 0.479 e. The number of carbonyl (C=O) groups excluding carboxylic acids is 1. The fourth-order valence-electron chi connectivity index (χ4n) is 3.91. The third kappa shape index (κ3) is 1.72. The number of nitrogens with zero attached hydrogens (tertiary/aromatic N) is 1. The number of amides is 1. The fraction of sp³-hybridized carbons (Fsp3) is 0.500. The lowest BCUT2D eigenvalue weighted by Crippen LogP contribution is -2.71. The second kappa shape index (κ2) is 5.03. The van der Waals surface area contributed by atoms with Crippen molar-refractivity contribution in [2.45, 2.75) is 35.9 Å². The summed E-state index contributed by atoms with van der Waals surface area (Å²) in [4.78, 5) is 25.6. The van der Waals surface area contributed by atoms with E-state index in [9.17, 15) is 28.2 Å². The average molecular weight is 353 g/mol. The number of rotatable bonds is 4. The maximum atomic E-state index is 12.9. The van der Waals surface area contributed by atoms with E-state index in [2.05, 4.69) is 0 Å². The molecule has 0 radical (unpaired) electrons. The van der Waals surface area contributed by atoms with E-state index in [1.807, 2.05) is 0 Å². The minimum atomic E-state index is -3.97. The van der Waals surface area contributed by atoms with Crippen molar-refractivity contribution in [3.05, 3.63) is 35.9 Å². The van der Waals surface area contributed by atoms with Crippen molar-refractivity contribution in [2.24, 2.45) is 5.92 Å². The Bertz CT molecular complexity index is 803. The summed E-state index contributed by atoms with van der Waals surface area (Å²) in [5.74, 6) is -3.08. The number of β-lactam (4-membered cyclic amide) rings is 1. The van der Waals surface area contributed by atoms with Crippen molar-refractivity contribution in [1.29, 1.82) is 0 Å². The lowest BCUT2D eigenvalue weighted by Gasteiger charge is -2.48. The summed E-state index contributed by atoms with van der Waals surface area (Å²) in [5.41, 5.74) is -1.27. The van der Waals surface area contributed by atoms with Crippen molar-refractivity contribution >= 4 is 21.7 Å². The number of fused-ring (bicyclic) bond motifs is 1. The van der Waals surface area contributed by atoms with Crippen LogP contribution in [0.2, 0.25) is 0 Å². The molecule has 0 saturated carbocycles. The van der Waals surface area contributed by atoms with E-state index in [4.69, 9.17) is 0 Å². The van der Waals surface area contributed by atoms with Crippen LogP contribution in [0.3, 0.4) is 0 Å². The van der Waals surface area contributed by atoms with Crippen molar-refractivity contribution < 1.29 is 28.2 Å². The van der Waals surface area contributed by atoms with Crippen LogP contribution in [0.15, 0.2) is 30.3 Å². The summed E-state index contributed by atoms with van der Waals surface area (Å²) >= 11 is 0. The quantitative estimate of drug-likeness (QED) is 0.739. The molecule has 3 rings (SSSR count). The fourth-order valence-corrected chi connectivity index (χ4v) is 6.43. The Kier molecular flexibility index (Phi) is 3.55. The predicted molar refractivity (Wildman–Crippen MR) is 84.7 cm³/mol. The Morgan fingerprint density at radius 2 is 1.83 bits per heavy atom. The van der Waals surface area contributed by atoms with Gasteiger partial charge in [-0.25, -0.2) is 13.2 Å². The maximum absolute atomic E-state index is 12.9. The highest BCUT2D eigenvalue weighted by molar-refractivity contribution is 7.94. The summed E-state index contributed by atoms with van der Waals surface area (Å²) in [7, 11) is -3.97. The second-order valence-electron chi connectivity index (χ2n) is 6.77. The van der Waals surface area contributed by atoms with E-state index >= 15 is 0 Å². The molecule has 2 saturated heterocycles. The zero-order valence-electron chi connectivity index (χ0n) is 13.3. The Hall–Kier alpha value is -1.93. The number of benzene rings is 1. The predicted octanol–water partition coefficient (Wildman–Crippen LogP) is 0.0363. The van der Waals surface area contributed by atoms with Gasteiger partial charge in [-0.1, -0.05) is 30.3 Å². The van der Waals surface area contributed by atoms with Crippen LogP contribution >= 0.6 is 0 Å². The molecule has 2 aliphatic rings. The summed E-state index contributed by atoms with van der Waals surface area (Å²) < 4.78 is 24.2. The van der Waals surface area contributed by atoms with E-state index in [-0.39, 0.29) is 6.42 Å². The summed E-state index contributed by atoms with van der Waals surface area (Å²) in [5, 5.41) is 18.0. The molecule has 1 amide bonds. The molecular weight excluding hydrogens is 334 g/mol. The number of sulfone groups is 1. The molecule has 0 spiro atoms. The highest BCUT2D eigenvalue weighted by Crippen LogP contribution is 2.55. The number of carboxylic acids is 1. The van der Waals surface area contributed by atoms with Gasteiger partial charge in [-0.3, -0.25) is 4.79 Å². The van der Waals surface area contributed by atoms with E-state index < -0.39 is 49.9 Å². The Morgan fingerprint density at radius 3 is 2.33 bits per heavy atom. The zero-order chi connectivity index (χ0) is 17.9. The first-order valence-corrected chi connectivity index (χ1v) is 9.12. The molecule has 24 heavy (non-hydrogen) atoms. The smallest absolute Gasteiger partial charge is 0.331 e. The molecule has 0 aliphatic carbocycles. The number of hydrogen-bond acceptors (Lipinski definition) is 5. The number of hydrogen-bond donors (Lipinski definition) is 2. The topological polar surface area (TPSA) is 112 Å². The monoisotopic (exact) mass is 353 g/mol. The number of aliphatic carboxylic acids is 1. The van der Waals surface area contributed by atoms with Gasteiger partial charge in [0, 0.05) is 6.42 Å². The van der Waals surface area contributed by atoms with Crippen LogP contribution in [0.5, 0.6) is 0 Å². The number of aliphatic hydroxyl groups excluding tert-OH is 1. The minimum absolute atomic E-state index is 0.115. The van der Waals surface area contributed by atoms with Crippen LogP contribution in [0, 0.1) is 5.92 Å². The lowest BCUT2D eigenvalue weighted by molar-refractivity contribution is -0.176. The van der Waals surface area contributed by atoms with Crippen LogP contribution < -0.4 is 0 Å². The Morgan fingerprint density at radius 1 is 1.25 bits per heavy atom. The van der Waals surface area contributed by atoms with Gasteiger partial charge in [0.2, 0.25) is 5.91 Å². The minimum Gasteiger partial charge on any atom is -0.479 e. The summed E-state index contributed by atoms with van der Waals surface area (Å²) in [6.07, 6.45) is -0.115. The Labute approximate surface area is 139 Å². The maximum Gasteiger partial charge on any atom is 0.331 e. The standard InChI is InChI=1S/C16H19NO6S/c1-15(2)16(14(20)21,8-10-6-4-3-5-7-10)17-12(19)11(9-18)13(17)24(15,22)23/h3-7,11,13,18H,8-9H2,1-2H3,(H,20,21)/t11-,13+,16-/m0/s1. The van der Waals surface area contributed by atoms with Crippen LogP contribution in [0.4, 0.5) is 0 Å². The number of aliphatic hydroxyl groups is 1. The highest BCUT2D eigenvalue weighted by Gasteiger charge is 2.79. The van der Waals surface area contributed by atoms with Crippen LogP contribution in [0.1, 0.15) is 19.4 Å².